The largest absolute Gasteiger partial charge is 0.385 e. The molecule has 1 aromatic carbocycles. The van der Waals surface area contributed by atoms with Gasteiger partial charge in [-0.15, -0.1) is 0 Å². The molecule has 1 N–H and O–H groups in total. The van der Waals surface area contributed by atoms with E-state index in [0.29, 0.717) is 0 Å². The van der Waals surface area contributed by atoms with Crippen LogP contribution in [0.2, 0.25) is 0 Å². The molecule has 0 heterocycles. The summed E-state index contributed by atoms with van der Waals surface area (Å²) in [5, 5.41) is 13.7. The van der Waals surface area contributed by atoms with Gasteiger partial charge in [-0.2, -0.15) is 0 Å². The van der Waals surface area contributed by atoms with Gasteiger partial charge in [0.1, 0.15) is 0 Å². The molecule has 4 nitrogen and oxygen atoms in total. The van der Waals surface area contributed by atoms with Crippen molar-refractivity contribution in [2.45, 2.75) is 20.3 Å². The molecule has 0 unspecified atom stereocenters. The molecule has 0 aliphatic carbocycles. The minimum absolute atomic E-state index is 0.143. The lowest BCUT2D eigenvalue weighted by Gasteiger charge is -2.07. The molecule has 0 bridgehead atoms. The average molecular weight is 194 g/mol. The molecule has 1 rings (SSSR count). The molecule has 0 amide bonds. The molecule has 0 spiro atoms. The van der Waals surface area contributed by atoms with Crippen molar-refractivity contribution in [1.82, 2.24) is 0 Å². The minimum Gasteiger partial charge on any atom is -0.385 e. The van der Waals surface area contributed by atoms with Crippen LogP contribution in [0.4, 0.5) is 11.4 Å². The number of benzene rings is 1. The Bertz CT molecular complexity index is 337. The van der Waals surface area contributed by atoms with Crippen LogP contribution in [0.15, 0.2) is 18.2 Å². The highest BCUT2D eigenvalue weighted by molar-refractivity contribution is 5.55. The molecule has 76 valence electrons. The molecular formula is C10H14N2O2. The molecule has 1 aromatic rings. The second-order valence-electron chi connectivity index (χ2n) is 3.18. The second-order valence-corrected chi connectivity index (χ2v) is 3.18. The minimum atomic E-state index is -0.378. The van der Waals surface area contributed by atoms with Crippen LogP contribution in [0.25, 0.3) is 0 Å². The first-order valence-corrected chi connectivity index (χ1v) is 4.64. The third-order valence-corrected chi connectivity index (χ3v) is 1.99. The summed E-state index contributed by atoms with van der Waals surface area (Å²) in [7, 11) is 0. The number of anilines is 1. The molecule has 0 atom stereocenters. The van der Waals surface area contributed by atoms with Gasteiger partial charge < -0.3 is 5.32 Å². The van der Waals surface area contributed by atoms with Gasteiger partial charge >= 0.3 is 0 Å². The zero-order valence-corrected chi connectivity index (χ0v) is 8.41. The Hall–Kier alpha value is -1.58. The van der Waals surface area contributed by atoms with Crippen molar-refractivity contribution < 1.29 is 4.92 Å². The van der Waals surface area contributed by atoms with Crippen LogP contribution in [-0.4, -0.2) is 11.5 Å². The molecule has 0 saturated heterocycles. The highest BCUT2D eigenvalue weighted by Crippen LogP contribution is 2.20. The zero-order chi connectivity index (χ0) is 10.6. The molecule has 0 saturated carbocycles. The Morgan fingerprint density at radius 3 is 2.71 bits per heavy atom. The molecule has 0 aliphatic heterocycles. The van der Waals surface area contributed by atoms with Crippen molar-refractivity contribution in [3.8, 4) is 0 Å². The molecule has 14 heavy (non-hydrogen) atoms. The third kappa shape index (κ3) is 2.45. The maximum atomic E-state index is 10.5. The van der Waals surface area contributed by atoms with Gasteiger partial charge in [0, 0.05) is 24.4 Å². The quantitative estimate of drug-likeness (QED) is 0.592. The Morgan fingerprint density at radius 1 is 1.50 bits per heavy atom. The van der Waals surface area contributed by atoms with Crippen LogP contribution in [0, 0.1) is 17.0 Å². The lowest BCUT2D eigenvalue weighted by atomic mass is 10.2. The van der Waals surface area contributed by atoms with Crippen LogP contribution in [0.3, 0.4) is 0 Å². The molecule has 0 aromatic heterocycles. The number of nitro groups is 1. The highest BCUT2D eigenvalue weighted by atomic mass is 16.6. The zero-order valence-electron chi connectivity index (χ0n) is 8.41. The summed E-state index contributed by atoms with van der Waals surface area (Å²) in [6, 6.07) is 4.85. The summed E-state index contributed by atoms with van der Waals surface area (Å²) in [5.74, 6) is 0. The van der Waals surface area contributed by atoms with Crippen molar-refractivity contribution in [2.75, 3.05) is 11.9 Å². The van der Waals surface area contributed by atoms with E-state index in [9.17, 15) is 10.1 Å². The first kappa shape index (κ1) is 10.5. The number of aryl methyl sites for hydroxylation is 1. The summed E-state index contributed by atoms with van der Waals surface area (Å²) < 4.78 is 0. The van der Waals surface area contributed by atoms with Gasteiger partial charge in [-0.25, -0.2) is 0 Å². The topological polar surface area (TPSA) is 55.2 Å². The van der Waals surface area contributed by atoms with E-state index in [1.807, 2.05) is 6.92 Å². The number of non-ortho nitro benzene ring substituents is 1. The maximum Gasteiger partial charge on any atom is 0.269 e. The van der Waals surface area contributed by atoms with Gasteiger partial charge in [-0.1, -0.05) is 6.92 Å². The number of nitrogens with one attached hydrogen (secondary N) is 1. The van der Waals surface area contributed by atoms with Crippen molar-refractivity contribution >= 4 is 11.4 Å². The van der Waals surface area contributed by atoms with Crippen molar-refractivity contribution in [1.29, 1.82) is 0 Å². The van der Waals surface area contributed by atoms with E-state index in [2.05, 4.69) is 12.2 Å². The lowest BCUT2D eigenvalue weighted by Crippen LogP contribution is -2.01. The van der Waals surface area contributed by atoms with E-state index < -0.39 is 0 Å². The van der Waals surface area contributed by atoms with Crippen molar-refractivity contribution in [3.05, 3.63) is 33.9 Å². The summed E-state index contributed by atoms with van der Waals surface area (Å²) in [5.41, 5.74) is 2.02. The van der Waals surface area contributed by atoms with E-state index in [-0.39, 0.29) is 10.6 Å². The molecular weight excluding hydrogens is 180 g/mol. The van der Waals surface area contributed by atoms with Gasteiger partial charge in [-0.3, -0.25) is 10.1 Å². The average Bonchev–Trinajstić information content (AvgIpc) is 2.15. The van der Waals surface area contributed by atoms with Crippen molar-refractivity contribution in [3.63, 3.8) is 0 Å². The molecule has 0 radical (unpaired) electrons. The van der Waals surface area contributed by atoms with Gasteiger partial charge in [0.15, 0.2) is 0 Å². The predicted octanol–water partition coefficient (Wildman–Crippen LogP) is 2.73. The van der Waals surface area contributed by atoms with Gasteiger partial charge in [0.2, 0.25) is 0 Å². The summed E-state index contributed by atoms with van der Waals surface area (Å²) in [6.07, 6.45) is 1.04. The standard InChI is InChI=1S/C10H14N2O2/c1-3-6-11-10-5-4-9(12(13)14)7-8(10)2/h4-5,7,11H,3,6H2,1-2H3. The summed E-state index contributed by atoms with van der Waals surface area (Å²) in [6.45, 7) is 4.83. The van der Waals surface area contributed by atoms with Crippen LogP contribution in [0.5, 0.6) is 0 Å². The number of rotatable bonds is 4. The maximum absolute atomic E-state index is 10.5. The Balaban J connectivity index is 2.84. The lowest BCUT2D eigenvalue weighted by molar-refractivity contribution is -0.384. The molecule has 0 fully saturated rings. The van der Waals surface area contributed by atoms with E-state index in [4.69, 9.17) is 0 Å². The number of nitrogens with zero attached hydrogens (tertiary/aromatic N) is 1. The second kappa shape index (κ2) is 4.60. The van der Waals surface area contributed by atoms with Gasteiger partial charge in [-0.05, 0) is 25.0 Å². The Kier molecular flexibility index (Phi) is 3.45. The number of hydrogen-bond acceptors (Lipinski definition) is 3. The fraction of sp³-hybridized carbons (Fsp3) is 0.400. The smallest absolute Gasteiger partial charge is 0.269 e. The molecule has 4 heteroatoms. The van der Waals surface area contributed by atoms with E-state index in [0.717, 1.165) is 24.2 Å². The fourth-order valence-corrected chi connectivity index (χ4v) is 1.22. The van der Waals surface area contributed by atoms with E-state index in [1.165, 1.54) is 6.07 Å². The fourth-order valence-electron chi connectivity index (χ4n) is 1.22. The number of hydrogen-bond donors (Lipinski definition) is 1. The normalized spacial score (nSPS) is 9.86. The SMILES string of the molecule is CCCNc1ccc([N+](=O)[O-])cc1C. The first-order valence-electron chi connectivity index (χ1n) is 4.64. The monoisotopic (exact) mass is 194 g/mol. The van der Waals surface area contributed by atoms with Gasteiger partial charge in [0.05, 0.1) is 4.92 Å². The summed E-state index contributed by atoms with van der Waals surface area (Å²) >= 11 is 0. The number of nitro benzene ring substituents is 1. The van der Waals surface area contributed by atoms with E-state index in [1.54, 1.807) is 12.1 Å². The Morgan fingerprint density at radius 2 is 2.21 bits per heavy atom. The van der Waals surface area contributed by atoms with Gasteiger partial charge in [0.25, 0.3) is 5.69 Å². The Labute approximate surface area is 83.1 Å². The first-order chi connectivity index (χ1) is 6.65. The highest BCUT2D eigenvalue weighted by Gasteiger charge is 2.06. The third-order valence-electron chi connectivity index (χ3n) is 1.99. The van der Waals surface area contributed by atoms with Crippen LogP contribution < -0.4 is 5.32 Å². The van der Waals surface area contributed by atoms with Crippen molar-refractivity contribution in [2.24, 2.45) is 0 Å². The molecule has 0 aliphatic rings. The predicted molar refractivity (Wildman–Crippen MR) is 56.6 cm³/mol. The van der Waals surface area contributed by atoms with Crippen LogP contribution in [-0.2, 0) is 0 Å². The summed E-state index contributed by atoms with van der Waals surface area (Å²) in [4.78, 5) is 10.1. The van der Waals surface area contributed by atoms with Crippen LogP contribution >= 0.6 is 0 Å². The van der Waals surface area contributed by atoms with E-state index >= 15 is 0 Å². The van der Waals surface area contributed by atoms with Crippen LogP contribution in [0.1, 0.15) is 18.9 Å².